The summed E-state index contributed by atoms with van der Waals surface area (Å²) in [4.78, 5) is 16.6. The number of nitrogens with zero attached hydrogens (tertiary/aromatic N) is 2. The Balaban J connectivity index is 1.37. The highest BCUT2D eigenvalue weighted by Crippen LogP contribution is 2.30. The van der Waals surface area contributed by atoms with Crippen molar-refractivity contribution in [3.63, 3.8) is 0 Å². The average molecular weight is 379 g/mol. The number of ether oxygens (including phenoxy) is 1. The molecular formula is C21H31ClN2O2. The van der Waals surface area contributed by atoms with Crippen LogP contribution in [0.3, 0.4) is 0 Å². The van der Waals surface area contributed by atoms with E-state index in [1.807, 2.05) is 7.05 Å². The average Bonchev–Trinajstić information content (AvgIpc) is 2.66. The number of hydrogen-bond acceptors (Lipinski definition) is 3. The van der Waals surface area contributed by atoms with E-state index in [-0.39, 0.29) is 6.09 Å². The maximum atomic E-state index is 12.3. The van der Waals surface area contributed by atoms with Gasteiger partial charge in [-0.15, -0.1) is 0 Å². The molecule has 0 bridgehead atoms. The van der Waals surface area contributed by atoms with Crippen molar-refractivity contribution in [2.75, 3.05) is 33.2 Å². The fraction of sp³-hybridized carbons (Fsp3) is 0.667. The van der Waals surface area contributed by atoms with Crippen LogP contribution in [-0.4, -0.2) is 49.1 Å². The Morgan fingerprint density at radius 1 is 1.08 bits per heavy atom. The summed E-state index contributed by atoms with van der Waals surface area (Å²) < 4.78 is 5.42. The summed E-state index contributed by atoms with van der Waals surface area (Å²) in [5.74, 6) is 1.97. The molecular weight excluding hydrogens is 348 g/mol. The van der Waals surface area contributed by atoms with Gasteiger partial charge in [0, 0.05) is 25.2 Å². The van der Waals surface area contributed by atoms with E-state index in [1.165, 1.54) is 64.6 Å². The van der Waals surface area contributed by atoms with Gasteiger partial charge in [-0.05, 0) is 87.7 Å². The van der Waals surface area contributed by atoms with E-state index in [1.54, 1.807) is 29.2 Å². The highest BCUT2D eigenvalue weighted by molar-refractivity contribution is 6.30. The van der Waals surface area contributed by atoms with Crippen LogP contribution in [0.25, 0.3) is 0 Å². The van der Waals surface area contributed by atoms with Gasteiger partial charge in [0.05, 0.1) is 0 Å². The lowest BCUT2D eigenvalue weighted by Gasteiger charge is -2.35. The predicted octanol–water partition coefficient (Wildman–Crippen LogP) is 5.06. The smallest absolute Gasteiger partial charge is 0.410 e. The molecule has 1 aromatic carbocycles. The van der Waals surface area contributed by atoms with Crippen molar-refractivity contribution >= 4 is 17.7 Å². The first-order valence-electron chi connectivity index (χ1n) is 10.0. The largest absolute Gasteiger partial charge is 0.414 e. The molecule has 1 saturated carbocycles. The van der Waals surface area contributed by atoms with Crippen LogP contribution in [-0.2, 0) is 0 Å². The van der Waals surface area contributed by atoms with Gasteiger partial charge in [0.25, 0.3) is 0 Å². The van der Waals surface area contributed by atoms with Crippen molar-refractivity contribution in [2.24, 2.45) is 11.8 Å². The van der Waals surface area contributed by atoms with Crippen molar-refractivity contribution in [1.82, 2.24) is 9.80 Å². The van der Waals surface area contributed by atoms with Crippen molar-refractivity contribution in [3.05, 3.63) is 29.3 Å². The van der Waals surface area contributed by atoms with Gasteiger partial charge < -0.3 is 14.5 Å². The first kappa shape index (κ1) is 19.5. The van der Waals surface area contributed by atoms with Gasteiger partial charge >= 0.3 is 6.09 Å². The Kier molecular flexibility index (Phi) is 7.21. The molecule has 1 saturated heterocycles. The number of carbonyl (C=O) groups is 1. The normalized spacial score (nSPS) is 24.2. The lowest BCUT2D eigenvalue weighted by Crippen LogP contribution is -2.38. The molecule has 2 aliphatic rings. The summed E-state index contributed by atoms with van der Waals surface area (Å²) in [6.07, 6.45) is 8.88. The Labute approximate surface area is 162 Å². The SMILES string of the molecule is CN(C[C@H]1CC[C@H](CN2CCCCC2)CC1)C(=O)Oc1ccc(Cl)cc1. The monoisotopic (exact) mass is 378 g/mol. The number of amides is 1. The number of piperidine rings is 1. The Morgan fingerprint density at radius 2 is 1.69 bits per heavy atom. The molecule has 0 unspecified atom stereocenters. The molecule has 3 rings (SSSR count). The molecule has 5 heteroatoms. The molecule has 1 amide bonds. The van der Waals surface area contributed by atoms with Gasteiger partial charge in [-0.1, -0.05) is 18.0 Å². The van der Waals surface area contributed by atoms with Crippen LogP contribution in [0.1, 0.15) is 44.9 Å². The first-order valence-corrected chi connectivity index (χ1v) is 10.4. The quantitative estimate of drug-likeness (QED) is 0.717. The number of hydrogen-bond donors (Lipinski definition) is 0. The van der Waals surface area contributed by atoms with Gasteiger partial charge in [0.2, 0.25) is 0 Å². The van der Waals surface area contributed by atoms with Crippen LogP contribution in [0, 0.1) is 11.8 Å². The molecule has 4 nitrogen and oxygen atoms in total. The van der Waals surface area contributed by atoms with E-state index in [4.69, 9.17) is 16.3 Å². The molecule has 0 atom stereocenters. The lowest BCUT2D eigenvalue weighted by atomic mass is 9.81. The molecule has 2 fully saturated rings. The molecule has 0 aromatic heterocycles. The summed E-state index contributed by atoms with van der Waals surface area (Å²) in [7, 11) is 1.83. The van der Waals surface area contributed by atoms with Crippen LogP contribution < -0.4 is 4.74 Å². The zero-order chi connectivity index (χ0) is 18.4. The zero-order valence-corrected chi connectivity index (χ0v) is 16.6. The standard InChI is InChI=1S/C21H31ClN2O2/c1-23(21(25)26-20-11-9-19(22)10-12-20)15-17-5-7-18(8-6-17)16-24-13-3-2-4-14-24/h9-12,17-18H,2-8,13-16H2,1H3/t17-,18-. The van der Waals surface area contributed by atoms with Crippen molar-refractivity contribution in [3.8, 4) is 5.75 Å². The summed E-state index contributed by atoms with van der Waals surface area (Å²) >= 11 is 5.86. The number of benzene rings is 1. The van der Waals surface area contributed by atoms with Crippen molar-refractivity contribution in [2.45, 2.75) is 44.9 Å². The first-order chi connectivity index (χ1) is 12.6. The lowest BCUT2D eigenvalue weighted by molar-refractivity contribution is 0.132. The highest BCUT2D eigenvalue weighted by Gasteiger charge is 2.25. The molecule has 0 radical (unpaired) electrons. The zero-order valence-electron chi connectivity index (χ0n) is 15.8. The van der Waals surface area contributed by atoms with Crippen LogP contribution >= 0.6 is 11.6 Å². The van der Waals surface area contributed by atoms with Gasteiger partial charge in [-0.25, -0.2) is 4.79 Å². The topological polar surface area (TPSA) is 32.8 Å². The number of rotatable bonds is 5. The third-order valence-electron chi connectivity index (χ3n) is 5.79. The maximum Gasteiger partial charge on any atom is 0.414 e. The highest BCUT2D eigenvalue weighted by atomic mass is 35.5. The number of halogens is 1. The molecule has 26 heavy (non-hydrogen) atoms. The third kappa shape index (κ3) is 5.88. The Morgan fingerprint density at radius 3 is 2.35 bits per heavy atom. The second kappa shape index (κ2) is 9.61. The van der Waals surface area contributed by atoms with Crippen LogP contribution in [0.15, 0.2) is 24.3 Å². The van der Waals surface area contributed by atoms with E-state index >= 15 is 0 Å². The van der Waals surface area contributed by atoms with Gasteiger partial charge in [0.1, 0.15) is 5.75 Å². The van der Waals surface area contributed by atoms with E-state index in [2.05, 4.69) is 4.90 Å². The second-order valence-electron chi connectivity index (χ2n) is 7.95. The van der Waals surface area contributed by atoms with E-state index in [0.717, 1.165) is 12.5 Å². The third-order valence-corrected chi connectivity index (χ3v) is 6.05. The van der Waals surface area contributed by atoms with Crippen molar-refractivity contribution < 1.29 is 9.53 Å². The summed E-state index contributed by atoms with van der Waals surface area (Å²) in [5.41, 5.74) is 0. The van der Waals surface area contributed by atoms with Gasteiger partial charge in [-0.2, -0.15) is 0 Å². The molecule has 1 aliphatic carbocycles. The van der Waals surface area contributed by atoms with E-state index < -0.39 is 0 Å². The minimum Gasteiger partial charge on any atom is -0.410 e. The molecule has 1 aromatic rings. The van der Waals surface area contributed by atoms with Crippen LogP contribution in [0.2, 0.25) is 5.02 Å². The fourth-order valence-electron chi connectivity index (χ4n) is 4.25. The number of carbonyl (C=O) groups excluding carboxylic acids is 1. The van der Waals surface area contributed by atoms with Gasteiger partial charge in [0.15, 0.2) is 0 Å². The summed E-state index contributed by atoms with van der Waals surface area (Å²) in [6, 6.07) is 6.90. The Hall–Kier alpha value is -1.26. The molecule has 0 spiro atoms. The molecule has 144 valence electrons. The fourth-order valence-corrected chi connectivity index (χ4v) is 4.37. The van der Waals surface area contributed by atoms with Gasteiger partial charge in [-0.3, -0.25) is 0 Å². The van der Waals surface area contributed by atoms with Crippen LogP contribution in [0.5, 0.6) is 5.75 Å². The molecule has 1 aliphatic heterocycles. The summed E-state index contributed by atoms with van der Waals surface area (Å²) in [5, 5.41) is 0.638. The minimum atomic E-state index is -0.289. The molecule has 1 heterocycles. The molecule has 0 N–H and O–H groups in total. The Bertz CT molecular complexity index is 564. The van der Waals surface area contributed by atoms with E-state index in [9.17, 15) is 4.79 Å². The van der Waals surface area contributed by atoms with Crippen LogP contribution in [0.4, 0.5) is 4.79 Å². The predicted molar refractivity (Wildman–Crippen MR) is 106 cm³/mol. The summed E-state index contributed by atoms with van der Waals surface area (Å²) in [6.45, 7) is 4.64. The minimum absolute atomic E-state index is 0.289. The van der Waals surface area contributed by atoms with E-state index in [0.29, 0.717) is 16.7 Å². The van der Waals surface area contributed by atoms with Crippen molar-refractivity contribution in [1.29, 1.82) is 0 Å². The second-order valence-corrected chi connectivity index (χ2v) is 8.39. The maximum absolute atomic E-state index is 12.3. The number of likely N-dealkylation sites (tertiary alicyclic amines) is 1.